The van der Waals surface area contributed by atoms with Gasteiger partial charge in [-0.2, -0.15) is 0 Å². The van der Waals surface area contributed by atoms with Crippen molar-refractivity contribution in [1.82, 2.24) is 4.90 Å². The summed E-state index contributed by atoms with van der Waals surface area (Å²) < 4.78 is 10.5. The topological polar surface area (TPSA) is 81.9 Å². The molecule has 1 heterocycles. The van der Waals surface area contributed by atoms with Gasteiger partial charge in [-0.3, -0.25) is 4.79 Å². The molecule has 1 aliphatic heterocycles. The van der Waals surface area contributed by atoms with Gasteiger partial charge < -0.3 is 20.1 Å². The lowest BCUT2D eigenvalue weighted by Gasteiger charge is -2.29. The average molecular weight is 292 g/mol. The number of morpholine rings is 1. The van der Waals surface area contributed by atoms with Gasteiger partial charge in [0.2, 0.25) is 0 Å². The van der Waals surface area contributed by atoms with Gasteiger partial charge in [0.1, 0.15) is 0 Å². The van der Waals surface area contributed by atoms with Crippen molar-refractivity contribution in [2.24, 2.45) is 0 Å². The van der Waals surface area contributed by atoms with E-state index in [2.05, 4.69) is 0 Å². The molecule has 1 unspecified atom stereocenters. The van der Waals surface area contributed by atoms with Gasteiger partial charge >= 0.3 is 5.97 Å². The second-order valence-electron chi connectivity index (χ2n) is 5.02. The maximum atomic E-state index is 12.2. The van der Waals surface area contributed by atoms with E-state index in [0.29, 0.717) is 37.6 Å². The highest BCUT2D eigenvalue weighted by atomic mass is 16.5. The van der Waals surface area contributed by atoms with Crippen LogP contribution in [0.1, 0.15) is 22.8 Å². The Morgan fingerprint density at radius 2 is 2.00 bits per heavy atom. The first kappa shape index (κ1) is 15.3. The van der Waals surface area contributed by atoms with E-state index in [-0.39, 0.29) is 5.91 Å². The van der Waals surface area contributed by atoms with E-state index in [1.807, 2.05) is 0 Å². The fraction of sp³-hybridized carbons (Fsp3) is 0.467. The van der Waals surface area contributed by atoms with E-state index >= 15 is 0 Å². The maximum absolute atomic E-state index is 12.2. The van der Waals surface area contributed by atoms with E-state index < -0.39 is 12.1 Å². The third kappa shape index (κ3) is 3.52. The first-order chi connectivity index (χ1) is 10.0. The van der Waals surface area contributed by atoms with Gasteiger partial charge in [-0.05, 0) is 25.5 Å². The Balaban J connectivity index is 2.03. The largest absolute Gasteiger partial charge is 0.449 e. The van der Waals surface area contributed by atoms with Crippen molar-refractivity contribution < 1.29 is 19.1 Å². The first-order valence-corrected chi connectivity index (χ1v) is 6.93. The van der Waals surface area contributed by atoms with Crippen molar-refractivity contribution in [2.75, 3.05) is 32.0 Å². The van der Waals surface area contributed by atoms with E-state index in [4.69, 9.17) is 15.2 Å². The Kier molecular flexibility index (Phi) is 4.80. The molecule has 1 aromatic carbocycles. The molecule has 6 nitrogen and oxygen atoms in total. The third-order valence-electron chi connectivity index (χ3n) is 3.46. The third-order valence-corrected chi connectivity index (χ3v) is 3.46. The average Bonchev–Trinajstić information content (AvgIpc) is 2.47. The molecule has 1 aromatic rings. The molecule has 6 heteroatoms. The van der Waals surface area contributed by atoms with Crippen LogP contribution < -0.4 is 5.73 Å². The van der Waals surface area contributed by atoms with Crippen LogP contribution in [0, 0.1) is 6.92 Å². The number of amides is 1. The van der Waals surface area contributed by atoms with E-state index in [9.17, 15) is 9.59 Å². The predicted octanol–water partition coefficient (Wildman–Crippen LogP) is 0.981. The number of carbonyl (C=O) groups is 2. The number of anilines is 1. The van der Waals surface area contributed by atoms with E-state index in [1.165, 1.54) is 0 Å². The van der Waals surface area contributed by atoms with Gasteiger partial charge in [0, 0.05) is 18.8 Å². The Morgan fingerprint density at radius 1 is 1.33 bits per heavy atom. The molecule has 0 spiro atoms. The number of hydrogen-bond donors (Lipinski definition) is 1. The summed E-state index contributed by atoms with van der Waals surface area (Å²) in [5, 5.41) is 0. The van der Waals surface area contributed by atoms with Crippen LogP contribution in [0.5, 0.6) is 0 Å². The van der Waals surface area contributed by atoms with Crippen LogP contribution in [0.4, 0.5) is 5.69 Å². The number of benzene rings is 1. The Bertz CT molecular complexity index is 518. The van der Waals surface area contributed by atoms with Crippen LogP contribution in [0.15, 0.2) is 18.2 Å². The van der Waals surface area contributed by atoms with Crippen molar-refractivity contribution in [2.45, 2.75) is 20.0 Å². The fourth-order valence-electron chi connectivity index (χ4n) is 2.28. The Hall–Kier alpha value is -2.08. The summed E-state index contributed by atoms with van der Waals surface area (Å²) in [6.07, 6.45) is -0.838. The molecular formula is C15H20N2O4. The minimum atomic E-state index is -0.838. The zero-order chi connectivity index (χ0) is 15.4. The lowest BCUT2D eigenvalue weighted by atomic mass is 10.1. The van der Waals surface area contributed by atoms with E-state index in [0.717, 1.165) is 5.56 Å². The molecule has 1 amide bonds. The summed E-state index contributed by atoms with van der Waals surface area (Å²) in [5.41, 5.74) is 7.20. The normalized spacial score (nSPS) is 16.4. The number of aryl methyl sites for hydroxylation is 1. The number of carbonyl (C=O) groups excluding carboxylic acids is 2. The molecule has 1 saturated heterocycles. The lowest BCUT2D eigenvalue weighted by Crippen LogP contribution is -2.46. The monoisotopic (exact) mass is 292 g/mol. The highest BCUT2D eigenvalue weighted by Gasteiger charge is 2.26. The van der Waals surface area contributed by atoms with Gasteiger partial charge in [-0.15, -0.1) is 0 Å². The summed E-state index contributed by atoms with van der Waals surface area (Å²) in [6.45, 7) is 5.42. The van der Waals surface area contributed by atoms with Gasteiger partial charge in [0.05, 0.1) is 18.8 Å². The first-order valence-electron chi connectivity index (χ1n) is 6.93. The molecule has 2 N–H and O–H groups in total. The summed E-state index contributed by atoms with van der Waals surface area (Å²) in [6, 6.07) is 5.18. The minimum Gasteiger partial charge on any atom is -0.449 e. The number of esters is 1. The minimum absolute atomic E-state index is 0.209. The van der Waals surface area contributed by atoms with Crippen LogP contribution in [-0.2, 0) is 14.3 Å². The van der Waals surface area contributed by atoms with Crippen LogP contribution >= 0.6 is 0 Å². The molecule has 1 aliphatic rings. The second-order valence-corrected chi connectivity index (χ2v) is 5.02. The molecule has 21 heavy (non-hydrogen) atoms. The van der Waals surface area contributed by atoms with Crippen LogP contribution in [0.3, 0.4) is 0 Å². The number of rotatable bonds is 3. The van der Waals surface area contributed by atoms with Crippen molar-refractivity contribution in [3.8, 4) is 0 Å². The van der Waals surface area contributed by atoms with Gasteiger partial charge in [-0.25, -0.2) is 4.79 Å². The molecule has 0 radical (unpaired) electrons. The SMILES string of the molecule is Cc1cccc(N)c1C(=O)OC(C)C(=O)N1CCOCC1. The molecule has 0 bridgehead atoms. The van der Waals surface area contributed by atoms with Crippen LogP contribution in [-0.4, -0.2) is 49.2 Å². The lowest BCUT2D eigenvalue weighted by molar-refractivity contribution is -0.143. The van der Waals surface area contributed by atoms with Gasteiger partial charge in [0.15, 0.2) is 6.10 Å². The van der Waals surface area contributed by atoms with Crippen LogP contribution in [0.2, 0.25) is 0 Å². The summed E-state index contributed by atoms with van der Waals surface area (Å²) in [4.78, 5) is 26.0. The summed E-state index contributed by atoms with van der Waals surface area (Å²) >= 11 is 0. The number of nitrogen functional groups attached to an aromatic ring is 1. The number of ether oxygens (including phenoxy) is 2. The number of nitrogens with zero attached hydrogens (tertiary/aromatic N) is 1. The Morgan fingerprint density at radius 3 is 2.62 bits per heavy atom. The summed E-state index contributed by atoms with van der Waals surface area (Å²) in [5.74, 6) is -0.779. The van der Waals surface area contributed by atoms with Gasteiger partial charge in [-0.1, -0.05) is 12.1 Å². The molecule has 0 saturated carbocycles. The fourth-order valence-corrected chi connectivity index (χ4v) is 2.28. The Labute approximate surface area is 123 Å². The summed E-state index contributed by atoms with van der Waals surface area (Å²) in [7, 11) is 0. The van der Waals surface area contributed by atoms with Crippen molar-refractivity contribution >= 4 is 17.6 Å². The van der Waals surface area contributed by atoms with Crippen LogP contribution in [0.25, 0.3) is 0 Å². The molecule has 0 aromatic heterocycles. The molecule has 114 valence electrons. The molecular weight excluding hydrogens is 272 g/mol. The molecule has 1 atom stereocenters. The second kappa shape index (κ2) is 6.58. The maximum Gasteiger partial charge on any atom is 0.341 e. The molecule has 2 rings (SSSR count). The quantitative estimate of drug-likeness (QED) is 0.663. The highest BCUT2D eigenvalue weighted by molar-refractivity contribution is 5.98. The zero-order valence-corrected chi connectivity index (χ0v) is 12.3. The smallest absolute Gasteiger partial charge is 0.341 e. The number of hydrogen-bond acceptors (Lipinski definition) is 5. The van der Waals surface area contributed by atoms with Crippen molar-refractivity contribution in [3.63, 3.8) is 0 Å². The molecule has 1 fully saturated rings. The predicted molar refractivity (Wildman–Crippen MR) is 77.9 cm³/mol. The van der Waals surface area contributed by atoms with Gasteiger partial charge in [0.25, 0.3) is 5.91 Å². The molecule has 0 aliphatic carbocycles. The van der Waals surface area contributed by atoms with Crippen molar-refractivity contribution in [3.05, 3.63) is 29.3 Å². The van der Waals surface area contributed by atoms with E-state index in [1.54, 1.807) is 36.9 Å². The van der Waals surface area contributed by atoms with Crippen molar-refractivity contribution in [1.29, 1.82) is 0 Å². The zero-order valence-electron chi connectivity index (χ0n) is 12.3. The standard InChI is InChI=1S/C15H20N2O4/c1-10-4-3-5-12(16)13(10)15(19)21-11(2)14(18)17-6-8-20-9-7-17/h3-5,11H,6-9,16H2,1-2H3. The number of nitrogens with two attached hydrogens (primary N) is 1. The highest BCUT2D eigenvalue weighted by Crippen LogP contribution is 2.18.